The summed E-state index contributed by atoms with van der Waals surface area (Å²) in [6.45, 7) is 11.5. The van der Waals surface area contributed by atoms with Gasteiger partial charge in [-0.1, -0.05) is 0 Å². The Morgan fingerprint density at radius 1 is 1.12 bits per heavy atom. The first-order chi connectivity index (χ1) is 7.31. The molecule has 0 amide bonds. The van der Waals surface area contributed by atoms with E-state index < -0.39 is 29.1 Å². The molecule has 0 fully saturated rings. The van der Waals surface area contributed by atoms with Crippen molar-refractivity contribution in [2.24, 2.45) is 4.66 Å². The van der Waals surface area contributed by atoms with Crippen molar-refractivity contribution in [2.75, 3.05) is 0 Å². The van der Waals surface area contributed by atoms with E-state index in [4.69, 9.17) is 4.43 Å². The van der Waals surface area contributed by atoms with Crippen LogP contribution in [-0.4, -0.2) is 28.6 Å². The highest BCUT2D eigenvalue weighted by atomic mass is 28.4. The van der Waals surface area contributed by atoms with Crippen molar-refractivity contribution in [2.45, 2.75) is 58.3 Å². The summed E-state index contributed by atoms with van der Waals surface area (Å²) < 4.78 is 46.5. The third kappa shape index (κ3) is 10.6. The summed E-state index contributed by atoms with van der Waals surface area (Å²) in [6, 6.07) is 0.0784. The van der Waals surface area contributed by atoms with E-state index in [-0.39, 0.29) is 6.04 Å². The Bertz CT molecular complexity index is 282. The smallest absolute Gasteiger partial charge is 0.388 e. The van der Waals surface area contributed by atoms with Crippen LogP contribution in [0.1, 0.15) is 13.3 Å². The normalized spacial score (nSPS) is 15.0. The van der Waals surface area contributed by atoms with Crippen molar-refractivity contribution in [1.29, 1.82) is 0 Å². The minimum Gasteiger partial charge on any atom is -0.535 e. The van der Waals surface area contributed by atoms with Crippen LogP contribution in [0.15, 0.2) is 4.66 Å². The Labute approximate surface area is 103 Å². The molecule has 0 N–H and O–H groups in total. The molecule has 102 valence electrons. The lowest BCUT2D eigenvalue weighted by Gasteiger charge is -2.25. The maximum absolute atomic E-state index is 12.1. The molecule has 0 rings (SSSR count). The van der Waals surface area contributed by atoms with Crippen LogP contribution in [0.25, 0.3) is 0 Å². The molecule has 0 aliphatic rings. The second kappa shape index (κ2) is 5.56. The van der Waals surface area contributed by atoms with Crippen LogP contribution in [0, 0.1) is 0 Å². The van der Waals surface area contributed by atoms with Crippen LogP contribution >= 0.6 is 0 Å². The van der Waals surface area contributed by atoms with Crippen LogP contribution in [-0.2, 0) is 4.43 Å². The maximum Gasteiger partial charge on any atom is 0.388 e. The predicted molar refractivity (Wildman–Crippen MR) is 70.5 cm³/mol. The fourth-order valence-corrected chi connectivity index (χ4v) is 4.30. The molecule has 0 aliphatic carbocycles. The van der Waals surface area contributed by atoms with E-state index in [1.807, 2.05) is 0 Å². The quantitative estimate of drug-likeness (QED) is 0.426. The molecule has 7 heteroatoms. The van der Waals surface area contributed by atoms with Crippen molar-refractivity contribution in [3.8, 4) is 0 Å². The van der Waals surface area contributed by atoms with Gasteiger partial charge in [-0.25, -0.2) is 0 Å². The highest BCUT2D eigenvalue weighted by molar-refractivity contribution is 6.76. The predicted octanol–water partition coefficient (Wildman–Crippen LogP) is 4.41. The van der Waals surface area contributed by atoms with Crippen molar-refractivity contribution in [3.05, 3.63) is 0 Å². The molecule has 0 atom stereocenters. The molecule has 0 aromatic carbocycles. The minimum atomic E-state index is -4.10. The lowest BCUT2D eigenvalue weighted by molar-refractivity contribution is -0.131. The highest BCUT2D eigenvalue weighted by Gasteiger charge is 2.34. The van der Waals surface area contributed by atoms with E-state index >= 15 is 0 Å². The molecular weight excluding hydrogens is 263 g/mol. The first-order valence-electron chi connectivity index (χ1n) is 5.63. The third-order valence-electron chi connectivity index (χ3n) is 1.93. The lowest BCUT2D eigenvalue weighted by atomic mass is 10.5. The lowest BCUT2D eigenvalue weighted by Crippen LogP contribution is -2.35. The van der Waals surface area contributed by atoms with Gasteiger partial charge in [-0.05, 0) is 38.8 Å². The Hall–Kier alpha value is -0.306. The number of halogens is 3. The summed E-state index contributed by atoms with van der Waals surface area (Å²) in [6.07, 6.45) is -4.87. The van der Waals surface area contributed by atoms with Gasteiger partial charge in [0.25, 0.3) is 0 Å². The third-order valence-corrected chi connectivity index (χ3v) is 5.22. The summed E-state index contributed by atoms with van der Waals surface area (Å²) in [5.41, 5.74) is 0. The molecule has 0 aliphatic heterocycles. The van der Waals surface area contributed by atoms with Gasteiger partial charge < -0.3 is 4.43 Å². The second-order valence-corrected chi connectivity index (χ2v) is 14.6. The van der Waals surface area contributed by atoms with Crippen LogP contribution in [0.3, 0.4) is 0 Å². The first kappa shape index (κ1) is 16.7. The number of rotatable bonds is 4. The average Bonchev–Trinajstić information content (AvgIpc) is 1.94. The SMILES string of the molecule is CC(=N[Si](C)(C)C)O[Si](C)(C)CCC(F)(F)F. The van der Waals surface area contributed by atoms with E-state index in [9.17, 15) is 13.2 Å². The molecule has 2 nitrogen and oxygen atoms in total. The van der Waals surface area contributed by atoms with Gasteiger partial charge in [-0.3, -0.25) is 4.66 Å². The zero-order valence-corrected chi connectivity index (χ0v) is 13.4. The number of hydrogen-bond donors (Lipinski definition) is 0. The van der Waals surface area contributed by atoms with Gasteiger partial charge in [-0.2, -0.15) is 13.2 Å². The summed E-state index contributed by atoms with van der Waals surface area (Å²) in [4.78, 5) is 0. The number of hydrogen-bond acceptors (Lipinski definition) is 2. The zero-order chi connectivity index (χ0) is 13.9. The molecular formula is C10H22F3NOSi2. The maximum atomic E-state index is 12.1. The molecule has 0 heterocycles. The molecule has 0 aromatic heterocycles. The van der Waals surface area contributed by atoms with Gasteiger partial charge >= 0.3 is 6.18 Å². The Morgan fingerprint density at radius 2 is 1.59 bits per heavy atom. The van der Waals surface area contributed by atoms with Gasteiger partial charge in [0.2, 0.25) is 8.32 Å². The standard InChI is InChI=1S/C10H22F3NOSi2/c1-9(14-16(2,3)4)15-17(5,6)8-7-10(11,12)13/h7-8H2,1-6H3. The summed E-state index contributed by atoms with van der Waals surface area (Å²) in [5.74, 6) is 0.544. The van der Waals surface area contributed by atoms with E-state index in [1.54, 1.807) is 20.0 Å². The Morgan fingerprint density at radius 3 is 1.94 bits per heavy atom. The molecule has 0 saturated carbocycles. The molecule has 0 saturated heterocycles. The van der Waals surface area contributed by atoms with Gasteiger partial charge in [0.05, 0.1) is 0 Å². The summed E-state index contributed by atoms with van der Waals surface area (Å²) in [5, 5.41) is 0. The molecule has 0 radical (unpaired) electrons. The molecule has 0 bridgehead atoms. The molecule has 0 aromatic rings. The van der Waals surface area contributed by atoms with E-state index in [2.05, 4.69) is 24.3 Å². The Balaban J connectivity index is 4.40. The van der Waals surface area contributed by atoms with Crippen LogP contribution in [0.2, 0.25) is 38.8 Å². The largest absolute Gasteiger partial charge is 0.535 e. The van der Waals surface area contributed by atoms with Crippen molar-refractivity contribution in [3.63, 3.8) is 0 Å². The van der Waals surface area contributed by atoms with Gasteiger partial charge in [0.1, 0.15) is 0 Å². The van der Waals surface area contributed by atoms with Crippen LogP contribution in [0.5, 0.6) is 0 Å². The minimum absolute atomic E-state index is 0.0784. The van der Waals surface area contributed by atoms with Gasteiger partial charge in [0, 0.05) is 13.3 Å². The van der Waals surface area contributed by atoms with Gasteiger partial charge in [0.15, 0.2) is 14.1 Å². The highest BCUT2D eigenvalue weighted by Crippen LogP contribution is 2.26. The van der Waals surface area contributed by atoms with E-state index in [1.165, 1.54) is 0 Å². The number of nitrogens with zero attached hydrogens (tertiary/aromatic N) is 1. The fourth-order valence-electron chi connectivity index (χ4n) is 1.39. The topological polar surface area (TPSA) is 21.6 Å². The van der Waals surface area contributed by atoms with Crippen LogP contribution < -0.4 is 0 Å². The Kier molecular flexibility index (Phi) is 5.46. The summed E-state index contributed by atoms with van der Waals surface area (Å²) >= 11 is 0. The first-order valence-corrected chi connectivity index (χ1v) is 12.2. The monoisotopic (exact) mass is 285 g/mol. The molecule has 0 spiro atoms. The van der Waals surface area contributed by atoms with Crippen molar-refractivity contribution in [1.82, 2.24) is 0 Å². The van der Waals surface area contributed by atoms with Crippen LogP contribution in [0.4, 0.5) is 13.2 Å². The zero-order valence-electron chi connectivity index (χ0n) is 11.4. The second-order valence-electron chi connectivity index (χ2n) is 5.78. The summed E-state index contributed by atoms with van der Waals surface area (Å²) in [7, 11) is -3.92. The fraction of sp³-hybridized carbons (Fsp3) is 0.900. The van der Waals surface area contributed by atoms with Gasteiger partial charge in [-0.15, -0.1) is 0 Å². The van der Waals surface area contributed by atoms with E-state index in [0.717, 1.165) is 0 Å². The van der Waals surface area contributed by atoms with Crippen molar-refractivity contribution >= 4 is 22.5 Å². The van der Waals surface area contributed by atoms with Crippen molar-refractivity contribution < 1.29 is 17.6 Å². The molecule has 17 heavy (non-hydrogen) atoms. The van der Waals surface area contributed by atoms with E-state index in [0.29, 0.717) is 5.90 Å². The number of alkyl halides is 3. The molecule has 0 unspecified atom stereocenters. The average molecular weight is 285 g/mol.